The summed E-state index contributed by atoms with van der Waals surface area (Å²) in [4.78, 5) is 13.8. The van der Waals surface area contributed by atoms with Crippen molar-refractivity contribution in [1.82, 2.24) is 0 Å². The molecule has 0 radical (unpaired) electrons. The highest BCUT2D eigenvalue weighted by atomic mass is 32.2. The topological polar surface area (TPSA) is 97.4 Å². The number of carbonyl (C=O) groups is 1. The van der Waals surface area contributed by atoms with Gasteiger partial charge in [-0.1, -0.05) is 17.7 Å². The van der Waals surface area contributed by atoms with E-state index < -0.39 is 21.5 Å². The third-order valence-corrected chi connectivity index (χ3v) is 7.11. The summed E-state index contributed by atoms with van der Waals surface area (Å²) in [6.07, 6.45) is 3.68. The molecule has 0 saturated heterocycles. The second-order valence-corrected chi connectivity index (χ2v) is 10.5. The zero-order valence-corrected chi connectivity index (χ0v) is 22.3. The van der Waals surface area contributed by atoms with Crippen LogP contribution in [0.25, 0.3) is 6.08 Å². The average Bonchev–Trinajstić information content (AvgIpc) is 2.86. The Hall–Kier alpha value is -3.98. The van der Waals surface area contributed by atoms with Crippen molar-refractivity contribution in [2.24, 2.45) is 0 Å². The molecule has 0 N–H and O–H groups in total. The zero-order chi connectivity index (χ0) is 27.0. The van der Waals surface area contributed by atoms with Crippen LogP contribution < -0.4 is 23.1 Å². The summed E-state index contributed by atoms with van der Waals surface area (Å²) in [5.74, 6) is 0.802. The molecular weight excluding hydrogens is 496 g/mol. The van der Waals surface area contributed by atoms with Crippen molar-refractivity contribution in [3.63, 3.8) is 0 Å². The molecular formula is C28H28O8S. The van der Waals surface area contributed by atoms with Crippen molar-refractivity contribution in [2.45, 2.75) is 31.3 Å². The van der Waals surface area contributed by atoms with Gasteiger partial charge in [0.05, 0.1) is 38.0 Å². The van der Waals surface area contributed by atoms with Gasteiger partial charge < -0.3 is 23.1 Å². The number of methoxy groups -OCH3 is 3. The standard InChI is InChI=1S/C28H28O8S/c1-17-7-10-19(11-8-17)37(30,31)36-18-9-12-23(32-4)21(15-18)25(29)22-16-24(33-5)27-20(26(22)34-6)13-14-28(2,3)35-27/h7-16H,1-6H3. The van der Waals surface area contributed by atoms with Gasteiger partial charge in [-0.2, -0.15) is 8.42 Å². The van der Waals surface area contributed by atoms with E-state index in [2.05, 4.69) is 0 Å². The summed E-state index contributed by atoms with van der Waals surface area (Å²) < 4.78 is 53.6. The lowest BCUT2D eigenvalue weighted by molar-refractivity contribution is 0.103. The van der Waals surface area contributed by atoms with E-state index in [0.717, 1.165) is 5.56 Å². The highest BCUT2D eigenvalue weighted by Crippen LogP contribution is 2.46. The highest BCUT2D eigenvalue weighted by molar-refractivity contribution is 7.87. The summed E-state index contributed by atoms with van der Waals surface area (Å²) in [7, 11) is 0.228. The van der Waals surface area contributed by atoms with E-state index in [0.29, 0.717) is 17.1 Å². The predicted molar refractivity (Wildman–Crippen MR) is 139 cm³/mol. The van der Waals surface area contributed by atoms with Gasteiger partial charge in [0.25, 0.3) is 0 Å². The summed E-state index contributed by atoms with van der Waals surface area (Å²) in [6, 6.07) is 12.0. The third kappa shape index (κ3) is 5.13. The summed E-state index contributed by atoms with van der Waals surface area (Å²) in [5, 5.41) is 0. The highest BCUT2D eigenvalue weighted by Gasteiger charge is 2.31. The lowest BCUT2D eigenvalue weighted by Gasteiger charge is -2.30. The van der Waals surface area contributed by atoms with E-state index >= 15 is 0 Å². The first-order valence-corrected chi connectivity index (χ1v) is 12.8. The maximum Gasteiger partial charge on any atom is 0.339 e. The molecule has 0 aliphatic carbocycles. The largest absolute Gasteiger partial charge is 0.496 e. The SMILES string of the molecule is COc1ccc(OS(=O)(=O)c2ccc(C)cc2)cc1C(=O)c1cc(OC)c2c(c1OC)C=CC(C)(C)O2. The lowest BCUT2D eigenvalue weighted by Crippen LogP contribution is -2.28. The Labute approximate surface area is 216 Å². The Morgan fingerprint density at radius 2 is 1.54 bits per heavy atom. The van der Waals surface area contributed by atoms with Gasteiger partial charge in [0.15, 0.2) is 11.5 Å². The second kappa shape index (κ2) is 9.82. The fraction of sp³-hybridized carbons (Fsp3) is 0.250. The quantitative estimate of drug-likeness (QED) is 0.293. The zero-order valence-electron chi connectivity index (χ0n) is 21.4. The average molecular weight is 525 g/mol. The van der Waals surface area contributed by atoms with Crippen LogP contribution in [-0.4, -0.2) is 41.1 Å². The van der Waals surface area contributed by atoms with Crippen LogP contribution in [0.2, 0.25) is 0 Å². The van der Waals surface area contributed by atoms with Gasteiger partial charge in [0, 0.05) is 0 Å². The minimum atomic E-state index is -4.13. The van der Waals surface area contributed by atoms with E-state index in [4.69, 9.17) is 23.1 Å². The van der Waals surface area contributed by atoms with E-state index in [1.165, 1.54) is 57.7 Å². The third-order valence-electron chi connectivity index (χ3n) is 5.85. The molecule has 0 aromatic heterocycles. The van der Waals surface area contributed by atoms with Gasteiger partial charge in [-0.15, -0.1) is 0 Å². The van der Waals surface area contributed by atoms with Crippen molar-refractivity contribution in [3.8, 4) is 28.7 Å². The first kappa shape index (κ1) is 26.1. The number of carbonyl (C=O) groups excluding carboxylic acids is 1. The number of hydrogen-bond donors (Lipinski definition) is 0. The van der Waals surface area contributed by atoms with Gasteiger partial charge in [-0.3, -0.25) is 4.79 Å². The van der Waals surface area contributed by atoms with Gasteiger partial charge in [0.2, 0.25) is 5.78 Å². The van der Waals surface area contributed by atoms with Crippen LogP contribution in [0.15, 0.2) is 59.5 Å². The summed E-state index contributed by atoms with van der Waals surface area (Å²) in [5.41, 5.74) is 1.16. The summed E-state index contributed by atoms with van der Waals surface area (Å²) >= 11 is 0. The molecule has 37 heavy (non-hydrogen) atoms. The molecule has 0 amide bonds. The van der Waals surface area contributed by atoms with Crippen LogP contribution in [0.3, 0.4) is 0 Å². The van der Waals surface area contributed by atoms with E-state index in [-0.39, 0.29) is 33.3 Å². The van der Waals surface area contributed by atoms with E-state index in [1.807, 2.05) is 32.9 Å². The van der Waals surface area contributed by atoms with Gasteiger partial charge in [-0.05, 0) is 69.3 Å². The second-order valence-electron chi connectivity index (χ2n) is 8.98. The fourth-order valence-corrected chi connectivity index (χ4v) is 4.88. The van der Waals surface area contributed by atoms with Crippen LogP contribution >= 0.6 is 0 Å². The molecule has 0 bridgehead atoms. The van der Waals surface area contributed by atoms with Crippen molar-refractivity contribution < 1.29 is 36.3 Å². The van der Waals surface area contributed by atoms with E-state index in [1.54, 1.807) is 12.1 Å². The number of ketones is 1. The maximum absolute atomic E-state index is 13.8. The van der Waals surface area contributed by atoms with Crippen LogP contribution in [0.1, 0.15) is 40.9 Å². The number of rotatable bonds is 8. The van der Waals surface area contributed by atoms with Gasteiger partial charge in [-0.25, -0.2) is 0 Å². The molecule has 8 nitrogen and oxygen atoms in total. The number of ether oxygens (including phenoxy) is 4. The predicted octanol–water partition coefficient (Wildman–Crippen LogP) is 5.20. The lowest BCUT2D eigenvalue weighted by atomic mass is 9.94. The van der Waals surface area contributed by atoms with Crippen LogP contribution in [-0.2, 0) is 10.1 Å². The van der Waals surface area contributed by atoms with E-state index in [9.17, 15) is 13.2 Å². The normalized spacial score (nSPS) is 13.8. The van der Waals surface area contributed by atoms with Crippen LogP contribution in [0.5, 0.6) is 28.7 Å². The minimum absolute atomic E-state index is 0.00222. The molecule has 194 valence electrons. The minimum Gasteiger partial charge on any atom is -0.496 e. The number of aryl methyl sites for hydroxylation is 1. The number of hydrogen-bond acceptors (Lipinski definition) is 8. The molecule has 0 atom stereocenters. The molecule has 0 unspecified atom stereocenters. The molecule has 3 aromatic rings. The first-order chi connectivity index (χ1) is 17.5. The van der Waals surface area contributed by atoms with Crippen molar-refractivity contribution in [2.75, 3.05) is 21.3 Å². The Balaban J connectivity index is 1.79. The Bertz CT molecular complexity index is 1490. The van der Waals surface area contributed by atoms with Gasteiger partial charge in [0.1, 0.15) is 27.7 Å². The molecule has 3 aromatic carbocycles. The van der Waals surface area contributed by atoms with Crippen LogP contribution in [0.4, 0.5) is 0 Å². The Kier molecular flexibility index (Phi) is 6.92. The van der Waals surface area contributed by atoms with Crippen molar-refractivity contribution in [3.05, 3.63) is 76.9 Å². The fourth-order valence-electron chi connectivity index (χ4n) is 3.96. The number of fused-ring (bicyclic) bond motifs is 1. The van der Waals surface area contributed by atoms with Gasteiger partial charge >= 0.3 is 10.1 Å². The van der Waals surface area contributed by atoms with Crippen LogP contribution in [0, 0.1) is 6.92 Å². The maximum atomic E-state index is 13.8. The molecule has 4 rings (SSSR count). The summed E-state index contributed by atoms with van der Waals surface area (Å²) in [6.45, 7) is 5.66. The number of benzene rings is 3. The molecule has 1 heterocycles. The molecule has 1 aliphatic rings. The Morgan fingerprint density at radius 3 is 2.16 bits per heavy atom. The molecule has 0 spiro atoms. The smallest absolute Gasteiger partial charge is 0.339 e. The molecule has 0 fully saturated rings. The first-order valence-electron chi connectivity index (χ1n) is 11.4. The molecule has 9 heteroatoms. The molecule has 0 saturated carbocycles. The van der Waals surface area contributed by atoms with Crippen molar-refractivity contribution >= 4 is 22.0 Å². The van der Waals surface area contributed by atoms with Crippen molar-refractivity contribution in [1.29, 1.82) is 0 Å². The molecule has 1 aliphatic heterocycles. The Morgan fingerprint density at radius 1 is 0.865 bits per heavy atom. The monoisotopic (exact) mass is 524 g/mol.